The zero-order valence-corrected chi connectivity index (χ0v) is 14.9. The number of ether oxygens (including phenoxy) is 1. The van der Waals surface area contributed by atoms with E-state index in [1.54, 1.807) is 0 Å². The first-order chi connectivity index (χ1) is 10.7. The van der Waals surface area contributed by atoms with Crippen LogP contribution in [-0.4, -0.2) is 44.3 Å². The van der Waals surface area contributed by atoms with Crippen LogP contribution in [-0.2, 0) is 4.74 Å². The Labute approximate surface area is 152 Å². The maximum Gasteiger partial charge on any atom is 0.166 e. The lowest BCUT2D eigenvalue weighted by molar-refractivity contribution is 0.0189. The minimum atomic E-state index is -1.05. The maximum absolute atomic E-state index is 14.3. The highest BCUT2D eigenvalue weighted by molar-refractivity contribution is 5.85. The van der Waals surface area contributed by atoms with E-state index in [-0.39, 0.29) is 36.3 Å². The van der Waals surface area contributed by atoms with Crippen molar-refractivity contribution in [1.82, 2.24) is 10.2 Å². The molecule has 0 aliphatic carbocycles. The first kappa shape index (κ1) is 21.5. The standard InChI is InChI=1S/C16H21F3N2O.2ClH/c17-12-1-2-13(18)15(19)14(12)16(11-3-9-22-10-4-11)21-7-5-20-6-8-21;;/h1-2,11,16,20H,3-10H2;2*1H/t16-;;/m1../s1. The summed E-state index contributed by atoms with van der Waals surface area (Å²) < 4.78 is 47.7. The average molecular weight is 387 g/mol. The Bertz CT molecular complexity index is 506. The van der Waals surface area contributed by atoms with Crippen LogP contribution in [0.1, 0.15) is 24.4 Å². The van der Waals surface area contributed by atoms with Crippen molar-refractivity contribution in [2.45, 2.75) is 18.9 Å². The Kier molecular flexibility index (Phi) is 8.81. The predicted octanol–water partition coefficient (Wildman–Crippen LogP) is 3.32. The van der Waals surface area contributed by atoms with Gasteiger partial charge in [0.15, 0.2) is 11.6 Å². The minimum absolute atomic E-state index is 0. The summed E-state index contributed by atoms with van der Waals surface area (Å²) in [6.45, 7) is 4.14. The van der Waals surface area contributed by atoms with Gasteiger partial charge in [0.2, 0.25) is 0 Å². The van der Waals surface area contributed by atoms with E-state index in [1.165, 1.54) is 0 Å². The summed E-state index contributed by atoms with van der Waals surface area (Å²) in [5.74, 6) is -2.61. The summed E-state index contributed by atoms with van der Waals surface area (Å²) in [6.07, 6.45) is 1.48. The number of benzene rings is 1. The van der Waals surface area contributed by atoms with Gasteiger partial charge in [0, 0.05) is 51.0 Å². The summed E-state index contributed by atoms with van der Waals surface area (Å²) >= 11 is 0. The fourth-order valence-corrected chi connectivity index (χ4v) is 3.52. The molecule has 1 aromatic carbocycles. The lowest BCUT2D eigenvalue weighted by Gasteiger charge is -2.41. The van der Waals surface area contributed by atoms with Gasteiger partial charge in [-0.1, -0.05) is 0 Å². The van der Waals surface area contributed by atoms with Gasteiger partial charge in [-0.25, -0.2) is 13.2 Å². The Morgan fingerprint density at radius 1 is 1.00 bits per heavy atom. The third kappa shape index (κ3) is 4.55. The molecule has 24 heavy (non-hydrogen) atoms. The Balaban J connectivity index is 0.00000144. The van der Waals surface area contributed by atoms with Gasteiger partial charge in [-0.3, -0.25) is 4.90 Å². The van der Waals surface area contributed by atoms with Crippen molar-refractivity contribution in [1.29, 1.82) is 0 Å². The molecule has 0 radical (unpaired) electrons. The van der Waals surface area contributed by atoms with Crippen molar-refractivity contribution in [3.8, 4) is 0 Å². The molecule has 1 atom stereocenters. The molecule has 2 saturated heterocycles. The number of rotatable bonds is 3. The molecular formula is C16H23Cl2F3N2O. The topological polar surface area (TPSA) is 24.5 Å². The molecule has 1 N–H and O–H groups in total. The molecule has 0 bridgehead atoms. The van der Waals surface area contributed by atoms with E-state index in [4.69, 9.17) is 4.74 Å². The van der Waals surface area contributed by atoms with E-state index in [0.717, 1.165) is 38.1 Å². The van der Waals surface area contributed by atoms with Crippen LogP contribution in [0.25, 0.3) is 0 Å². The van der Waals surface area contributed by atoms with Crippen LogP contribution in [0, 0.1) is 23.4 Å². The molecule has 2 aliphatic rings. The molecule has 2 heterocycles. The van der Waals surface area contributed by atoms with Crippen LogP contribution < -0.4 is 5.32 Å². The summed E-state index contributed by atoms with van der Waals surface area (Å²) in [7, 11) is 0. The maximum atomic E-state index is 14.3. The van der Waals surface area contributed by atoms with E-state index in [9.17, 15) is 13.2 Å². The second kappa shape index (κ2) is 9.82. The van der Waals surface area contributed by atoms with Crippen LogP contribution >= 0.6 is 24.8 Å². The highest BCUT2D eigenvalue weighted by Gasteiger charge is 2.35. The number of nitrogens with zero attached hydrogens (tertiary/aromatic N) is 1. The van der Waals surface area contributed by atoms with Gasteiger partial charge in [0.25, 0.3) is 0 Å². The van der Waals surface area contributed by atoms with Crippen molar-refractivity contribution in [2.75, 3.05) is 39.4 Å². The molecule has 2 fully saturated rings. The van der Waals surface area contributed by atoms with E-state index in [1.807, 2.05) is 0 Å². The summed E-state index contributed by atoms with van der Waals surface area (Å²) in [5.41, 5.74) is -0.117. The van der Waals surface area contributed by atoms with Crippen molar-refractivity contribution in [2.24, 2.45) is 5.92 Å². The van der Waals surface area contributed by atoms with Crippen LogP contribution in [0.2, 0.25) is 0 Å². The van der Waals surface area contributed by atoms with E-state index in [0.29, 0.717) is 26.3 Å². The molecule has 8 heteroatoms. The molecule has 0 amide bonds. The van der Waals surface area contributed by atoms with Gasteiger partial charge in [-0.2, -0.15) is 0 Å². The molecule has 2 aliphatic heterocycles. The van der Waals surface area contributed by atoms with Gasteiger partial charge in [-0.05, 0) is 30.9 Å². The Morgan fingerprint density at radius 2 is 1.58 bits per heavy atom. The average Bonchev–Trinajstić information content (AvgIpc) is 2.57. The van der Waals surface area contributed by atoms with Gasteiger partial charge in [-0.15, -0.1) is 24.8 Å². The van der Waals surface area contributed by atoms with Crippen LogP contribution in [0.5, 0.6) is 0 Å². The summed E-state index contributed by atoms with van der Waals surface area (Å²) in [5, 5.41) is 3.24. The van der Waals surface area contributed by atoms with Crippen LogP contribution in [0.4, 0.5) is 13.2 Å². The molecule has 0 unspecified atom stereocenters. The number of halogens is 5. The van der Waals surface area contributed by atoms with Crippen molar-refractivity contribution in [3.63, 3.8) is 0 Å². The molecule has 138 valence electrons. The lowest BCUT2D eigenvalue weighted by atomic mass is 9.85. The normalized spacial score (nSPS) is 20.8. The molecule has 1 aromatic rings. The Hall–Kier alpha value is -0.530. The van der Waals surface area contributed by atoms with Crippen molar-refractivity contribution in [3.05, 3.63) is 35.1 Å². The first-order valence-electron chi connectivity index (χ1n) is 7.84. The monoisotopic (exact) mass is 386 g/mol. The van der Waals surface area contributed by atoms with Crippen molar-refractivity contribution >= 4 is 24.8 Å². The summed E-state index contributed by atoms with van der Waals surface area (Å²) in [6, 6.07) is 1.46. The van der Waals surface area contributed by atoms with Crippen LogP contribution in [0.3, 0.4) is 0 Å². The molecule has 3 rings (SSSR count). The van der Waals surface area contributed by atoms with Gasteiger partial charge >= 0.3 is 0 Å². The third-order valence-corrected chi connectivity index (χ3v) is 4.63. The predicted molar refractivity (Wildman–Crippen MR) is 91.5 cm³/mol. The number of piperazine rings is 1. The fourth-order valence-electron chi connectivity index (χ4n) is 3.52. The van der Waals surface area contributed by atoms with Gasteiger partial charge in [0.1, 0.15) is 5.82 Å². The quantitative estimate of drug-likeness (QED) is 0.806. The van der Waals surface area contributed by atoms with Crippen LogP contribution in [0.15, 0.2) is 12.1 Å². The fraction of sp³-hybridized carbons (Fsp3) is 0.625. The third-order valence-electron chi connectivity index (χ3n) is 4.63. The molecular weight excluding hydrogens is 364 g/mol. The van der Waals surface area contributed by atoms with Gasteiger partial charge < -0.3 is 10.1 Å². The van der Waals surface area contributed by atoms with Gasteiger partial charge in [0.05, 0.1) is 0 Å². The summed E-state index contributed by atoms with van der Waals surface area (Å²) in [4.78, 5) is 2.08. The molecule has 3 nitrogen and oxygen atoms in total. The number of hydrogen-bond donors (Lipinski definition) is 1. The molecule has 0 saturated carbocycles. The minimum Gasteiger partial charge on any atom is -0.381 e. The second-order valence-electron chi connectivity index (χ2n) is 5.94. The van der Waals surface area contributed by atoms with E-state index >= 15 is 0 Å². The molecule has 0 spiro atoms. The Morgan fingerprint density at radius 3 is 2.21 bits per heavy atom. The smallest absolute Gasteiger partial charge is 0.166 e. The van der Waals surface area contributed by atoms with E-state index < -0.39 is 23.5 Å². The highest BCUT2D eigenvalue weighted by atomic mass is 35.5. The number of hydrogen-bond acceptors (Lipinski definition) is 3. The lowest BCUT2D eigenvalue weighted by Crippen LogP contribution is -2.48. The molecule has 0 aromatic heterocycles. The largest absolute Gasteiger partial charge is 0.381 e. The number of nitrogens with one attached hydrogen (secondary N) is 1. The zero-order chi connectivity index (χ0) is 15.5. The SMILES string of the molecule is Cl.Cl.Fc1ccc(F)c([C@@H](C2CCOCC2)N2CCNCC2)c1F. The first-order valence-corrected chi connectivity index (χ1v) is 7.84. The second-order valence-corrected chi connectivity index (χ2v) is 5.94. The highest BCUT2D eigenvalue weighted by Crippen LogP contribution is 2.38. The zero-order valence-electron chi connectivity index (χ0n) is 13.3. The van der Waals surface area contributed by atoms with E-state index in [2.05, 4.69) is 10.2 Å². The van der Waals surface area contributed by atoms with Crippen molar-refractivity contribution < 1.29 is 17.9 Å².